The van der Waals surface area contributed by atoms with Crippen molar-refractivity contribution in [3.05, 3.63) is 58.5 Å². The highest BCUT2D eigenvalue weighted by Gasteiger charge is 2.18. The summed E-state index contributed by atoms with van der Waals surface area (Å²) in [5.74, 6) is 1.07. The van der Waals surface area contributed by atoms with Crippen LogP contribution in [-0.2, 0) is 6.42 Å². The first-order chi connectivity index (χ1) is 9.17. The Kier molecular flexibility index (Phi) is 4.43. The van der Waals surface area contributed by atoms with Crippen LogP contribution < -0.4 is 5.32 Å². The quantitative estimate of drug-likeness (QED) is 0.870. The Morgan fingerprint density at radius 3 is 2.53 bits per heavy atom. The van der Waals surface area contributed by atoms with Crippen molar-refractivity contribution in [3.63, 3.8) is 0 Å². The van der Waals surface area contributed by atoms with Gasteiger partial charge in [-0.2, -0.15) is 0 Å². The normalized spacial score (nSPS) is 12.6. The number of hydrogen-bond acceptors (Lipinski definition) is 2. The van der Waals surface area contributed by atoms with E-state index in [4.69, 9.17) is 4.42 Å². The monoisotopic (exact) mass is 257 g/mol. The van der Waals surface area contributed by atoms with Gasteiger partial charge in [0.2, 0.25) is 0 Å². The molecule has 0 fully saturated rings. The molecule has 1 N–H and O–H groups in total. The molecule has 0 spiro atoms. The van der Waals surface area contributed by atoms with Crippen LogP contribution in [0.4, 0.5) is 0 Å². The molecule has 2 heteroatoms. The fourth-order valence-corrected chi connectivity index (χ4v) is 2.45. The molecule has 102 valence electrons. The van der Waals surface area contributed by atoms with E-state index in [1.807, 2.05) is 0 Å². The molecule has 2 rings (SSSR count). The summed E-state index contributed by atoms with van der Waals surface area (Å²) in [7, 11) is 0. The summed E-state index contributed by atoms with van der Waals surface area (Å²) < 4.78 is 5.58. The molecule has 19 heavy (non-hydrogen) atoms. The average molecular weight is 257 g/mol. The van der Waals surface area contributed by atoms with E-state index in [0.717, 1.165) is 18.7 Å². The molecule has 1 aromatic heterocycles. The van der Waals surface area contributed by atoms with Crippen LogP contribution in [0.2, 0.25) is 0 Å². The second kappa shape index (κ2) is 6.07. The maximum Gasteiger partial charge on any atom is 0.108 e. The zero-order valence-corrected chi connectivity index (χ0v) is 12.3. The highest BCUT2D eigenvalue weighted by atomic mass is 16.3. The van der Waals surface area contributed by atoms with Crippen molar-refractivity contribution in [2.24, 2.45) is 0 Å². The predicted octanol–water partition coefficient (Wildman–Crippen LogP) is 4.16. The van der Waals surface area contributed by atoms with E-state index in [9.17, 15) is 0 Å². The molecule has 1 unspecified atom stereocenters. The van der Waals surface area contributed by atoms with Gasteiger partial charge < -0.3 is 9.73 Å². The predicted molar refractivity (Wildman–Crippen MR) is 79.5 cm³/mol. The lowest BCUT2D eigenvalue weighted by Gasteiger charge is -2.19. The van der Waals surface area contributed by atoms with Crippen LogP contribution in [0.25, 0.3) is 0 Å². The Bertz CT molecular complexity index is 542. The van der Waals surface area contributed by atoms with E-state index in [0.29, 0.717) is 0 Å². The van der Waals surface area contributed by atoms with Crippen molar-refractivity contribution >= 4 is 0 Å². The van der Waals surface area contributed by atoms with Crippen molar-refractivity contribution in [2.45, 2.75) is 40.2 Å². The van der Waals surface area contributed by atoms with Crippen LogP contribution in [-0.4, -0.2) is 6.54 Å². The zero-order valence-electron chi connectivity index (χ0n) is 12.3. The lowest BCUT2D eigenvalue weighted by Crippen LogP contribution is -2.22. The highest BCUT2D eigenvalue weighted by molar-refractivity contribution is 5.38. The molecule has 0 saturated carbocycles. The Morgan fingerprint density at radius 1 is 1.11 bits per heavy atom. The molecular formula is C17H23NO. The van der Waals surface area contributed by atoms with Gasteiger partial charge in [0.05, 0.1) is 12.3 Å². The van der Waals surface area contributed by atoms with Crippen molar-refractivity contribution < 1.29 is 4.42 Å². The summed E-state index contributed by atoms with van der Waals surface area (Å²) >= 11 is 0. The van der Waals surface area contributed by atoms with Crippen LogP contribution in [0.5, 0.6) is 0 Å². The third kappa shape index (κ3) is 2.90. The van der Waals surface area contributed by atoms with E-state index in [1.54, 1.807) is 6.26 Å². The molecular weight excluding hydrogens is 234 g/mol. The minimum Gasteiger partial charge on any atom is -0.469 e. The van der Waals surface area contributed by atoms with Crippen LogP contribution in [0.3, 0.4) is 0 Å². The summed E-state index contributed by atoms with van der Waals surface area (Å²) in [6, 6.07) is 8.98. The fourth-order valence-electron chi connectivity index (χ4n) is 2.45. The van der Waals surface area contributed by atoms with E-state index >= 15 is 0 Å². The van der Waals surface area contributed by atoms with Gasteiger partial charge in [-0.15, -0.1) is 0 Å². The summed E-state index contributed by atoms with van der Waals surface area (Å²) in [4.78, 5) is 0. The van der Waals surface area contributed by atoms with Crippen molar-refractivity contribution in [1.82, 2.24) is 5.32 Å². The molecule has 0 aliphatic carbocycles. The number of hydrogen-bond donors (Lipinski definition) is 1. The van der Waals surface area contributed by atoms with Crippen LogP contribution in [0.15, 0.2) is 34.9 Å². The minimum absolute atomic E-state index is 0.220. The SMILES string of the molecule is CCNC(c1ccc(C)c(C)c1)c1ccoc1CC. The molecule has 0 radical (unpaired) electrons. The van der Waals surface area contributed by atoms with Crippen molar-refractivity contribution in [1.29, 1.82) is 0 Å². The summed E-state index contributed by atoms with van der Waals surface area (Å²) in [5, 5.41) is 3.56. The van der Waals surface area contributed by atoms with Gasteiger partial charge in [-0.05, 0) is 43.1 Å². The van der Waals surface area contributed by atoms with Crippen molar-refractivity contribution in [3.8, 4) is 0 Å². The van der Waals surface area contributed by atoms with Gasteiger partial charge in [-0.1, -0.05) is 32.0 Å². The van der Waals surface area contributed by atoms with Gasteiger partial charge in [0, 0.05) is 12.0 Å². The zero-order chi connectivity index (χ0) is 13.8. The lowest BCUT2D eigenvalue weighted by molar-refractivity contribution is 0.502. The van der Waals surface area contributed by atoms with Gasteiger partial charge in [0.15, 0.2) is 0 Å². The number of benzene rings is 1. The Morgan fingerprint density at radius 2 is 1.89 bits per heavy atom. The molecule has 0 bridgehead atoms. The van der Waals surface area contributed by atoms with Crippen LogP contribution in [0.1, 0.15) is 47.9 Å². The molecule has 0 amide bonds. The molecule has 0 saturated heterocycles. The molecule has 2 nitrogen and oxygen atoms in total. The lowest BCUT2D eigenvalue weighted by atomic mass is 9.95. The Labute approximate surface area is 115 Å². The van der Waals surface area contributed by atoms with Crippen LogP contribution in [0, 0.1) is 13.8 Å². The van der Waals surface area contributed by atoms with Gasteiger partial charge in [-0.25, -0.2) is 0 Å². The first-order valence-corrected chi connectivity index (χ1v) is 7.04. The Balaban J connectivity index is 2.42. The van der Waals surface area contributed by atoms with E-state index < -0.39 is 0 Å². The van der Waals surface area contributed by atoms with Gasteiger partial charge in [-0.3, -0.25) is 0 Å². The summed E-state index contributed by atoms with van der Waals surface area (Å²) in [5.41, 5.74) is 5.23. The smallest absolute Gasteiger partial charge is 0.108 e. The summed E-state index contributed by atoms with van der Waals surface area (Å²) in [6.07, 6.45) is 2.72. The summed E-state index contributed by atoms with van der Waals surface area (Å²) in [6.45, 7) is 9.52. The molecule has 1 aromatic carbocycles. The number of furan rings is 1. The molecule has 0 aliphatic heterocycles. The first kappa shape index (κ1) is 13.9. The van der Waals surface area contributed by atoms with E-state index in [-0.39, 0.29) is 6.04 Å². The van der Waals surface area contributed by atoms with Gasteiger partial charge in [0.25, 0.3) is 0 Å². The maximum absolute atomic E-state index is 5.58. The molecule has 1 heterocycles. The first-order valence-electron chi connectivity index (χ1n) is 7.04. The highest BCUT2D eigenvalue weighted by Crippen LogP contribution is 2.27. The number of rotatable bonds is 5. The minimum atomic E-state index is 0.220. The number of nitrogens with one attached hydrogen (secondary N) is 1. The molecule has 2 aromatic rings. The second-order valence-corrected chi connectivity index (χ2v) is 4.99. The largest absolute Gasteiger partial charge is 0.469 e. The standard InChI is InChI=1S/C17H23NO/c1-5-16-15(9-10-19-16)17(18-6-2)14-8-7-12(3)13(4)11-14/h7-11,17-18H,5-6H2,1-4H3. The van der Waals surface area contributed by atoms with Crippen molar-refractivity contribution in [2.75, 3.05) is 6.54 Å². The molecule has 1 atom stereocenters. The fraction of sp³-hybridized carbons (Fsp3) is 0.412. The maximum atomic E-state index is 5.58. The van der Waals surface area contributed by atoms with Crippen LogP contribution >= 0.6 is 0 Å². The third-order valence-electron chi connectivity index (χ3n) is 3.68. The average Bonchev–Trinajstić information content (AvgIpc) is 2.87. The number of aryl methyl sites for hydroxylation is 3. The van der Waals surface area contributed by atoms with Gasteiger partial charge >= 0.3 is 0 Å². The van der Waals surface area contributed by atoms with E-state index in [2.05, 4.69) is 57.3 Å². The van der Waals surface area contributed by atoms with E-state index in [1.165, 1.54) is 22.3 Å². The van der Waals surface area contributed by atoms with Gasteiger partial charge in [0.1, 0.15) is 5.76 Å². The topological polar surface area (TPSA) is 25.2 Å². The Hall–Kier alpha value is -1.54. The third-order valence-corrected chi connectivity index (χ3v) is 3.68. The molecule has 0 aliphatic rings. The second-order valence-electron chi connectivity index (χ2n) is 4.99.